The summed E-state index contributed by atoms with van der Waals surface area (Å²) in [5.74, 6) is 0. The largest absolute Gasteiger partial charge is 0.378 e. The standard InChI is InChI=1S/C10H19NO/c11-7-10(5-6-10)8-12-9-3-1-2-4-9/h9H,1-8,11H2. The van der Waals surface area contributed by atoms with Crippen molar-refractivity contribution in [2.45, 2.75) is 44.6 Å². The van der Waals surface area contributed by atoms with Gasteiger partial charge in [-0.25, -0.2) is 0 Å². The van der Waals surface area contributed by atoms with Crippen LogP contribution in [0.5, 0.6) is 0 Å². The summed E-state index contributed by atoms with van der Waals surface area (Å²) in [4.78, 5) is 0. The fourth-order valence-electron chi connectivity index (χ4n) is 1.93. The molecule has 0 amide bonds. The van der Waals surface area contributed by atoms with Crippen molar-refractivity contribution >= 4 is 0 Å². The van der Waals surface area contributed by atoms with E-state index in [1.54, 1.807) is 0 Å². The third-order valence-electron chi connectivity index (χ3n) is 3.32. The Bertz CT molecular complexity index is 148. The van der Waals surface area contributed by atoms with E-state index in [1.165, 1.54) is 38.5 Å². The molecule has 0 aromatic carbocycles. The van der Waals surface area contributed by atoms with Crippen molar-refractivity contribution < 1.29 is 4.74 Å². The van der Waals surface area contributed by atoms with Crippen molar-refractivity contribution in [1.29, 1.82) is 0 Å². The molecule has 0 heterocycles. The van der Waals surface area contributed by atoms with Crippen LogP contribution in [0.15, 0.2) is 0 Å². The Morgan fingerprint density at radius 1 is 1.25 bits per heavy atom. The molecular weight excluding hydrogens is 150 g/mol. The minimum absolute atomic E-state index is 0.405. The van der Waals surface area contributed by atoms with Crippen LogP contribution in [0.2, 0.25) is 0 Å². The highest BCUT2D eigenvalue weighted by Gasteiger charge is 2.42. The van der Waals surface area contributed by atoms with Crippen molar-refractivity contribution in [3.63, 3.8) is 0 Å². The highest BCUT2D eigenvalue weighted by atomic mass is 16.5. The fourth-order valence-corrected chi connectivity index (χ4v) is 1.93. The number of rotatable bonds is 4. The van der Waals surface area contributed by atoms with Crippen LogP contribution >= 0.6 is 0 Å². The average Bonchev–Trinajstić information content (AvgIpc) is 2.70. The third-order valence-corrected chi connectivity index (χ3v) is 3.32. The van der Waals surface area contributed by atoms with E-state index in [4.69, 9.17) is 10.5 Å². The van der Waals surface area contributed by atoms with Gasteiger partial charge in [-0.2, -0.15) is 0 Å². The summed E-state index contributed by atoms with van der Waals surface area (Å²) in [5, 5.41) is 0. The Labute approximate surface area is 74.5 Å². The maximum absolute atomic E-state index is 5.84. The van der Waals surface area contributed by atoms with Crippen LogP contribution in [0.4, 0.5) is 0 Å². The molecule has 0 saturated heterocycles. The smallest absolute Gasteiger partial charge is 0.0575 e. The first-order valence-corrected chi connectivity index (χ1v) is 5.16. The summed E-state index contributed by atoms with van der Waals surface area (Å²) in [6.45, 7) is 1.74. The minimum Gasteiger partial charge on any atom is -0.378 e. The monoisotopic (exact) mass is 169 g/mol. The van der Waals surface area contributed by atoms with Crippen LogP contribution < -0.4 is 5.73 Å². The molecule has 0 aromatic heterocycles. The summed E-state index contributed by atoms with van der Waals surface area (Å²) >= 11 is 0. The quantitative estimate of drug-likeness (QED) is 0.695. The Kier molecular flexibility index (Phi) is 2.37. The predicted molar refractivity (Wildman–Crippen MR) is 48.9 cm³/mol. The summed E-state index contributed by atoms with van der Waals surface area (Å²) in [6.07, 6.45) is 8.42. The van der Waals surface area contributed by atoms with Crippen LogP contribution in [0.25, 0.3) is 0 Å². The van der Waals surface area contributed by atoms with E-state index < -0.39 is 0 Å². The van der Waals surface area contributed by atoms with Crippen LogP contribution in [0.3, 0.4) is 0 Å². The molecule has 0 aromatic rings. The molecule has 2 N–H and O–H groups in total. The maximum Gasteiger partial charge on any atom is 0.0575 e. The lowest BCUT2D eigenvalue weighted by Crippen LogP contribution is -2.23. The van der Waals surface area contributed by atoms with Gasteiger partial charge in [-0.1, -0.05) is 12.8 Å². The zero-order valence-electron chi connectivity index (χ0n) is 7.72. The van der Waals surface area contributed by atoms with Gasteiger partial charge in [-0.15, -0.1) is 0 Å². The molecule has 2 heteroatoms. The maximum atomic E-state index is 5.84. The van der Waals surface area contributed by atoms with Gasteiger partial charge in [-0.05, 0) is 25.7 Å². The molecule has 0 radical (unpaired) electrons. The van der Waals surface area contributed by atoms with Gasteiger partial charge in [0.25, 0.3) is 0 Å². The van der Waals surface area contributed by atoms with E-state index in [1.807, 2.05) is 0 Å². The molecule has 2 rings (SSSR count). The van der Waals surface area contributed by atoms with Crippen molar-refractivity contribution in [2.75, 3.05) is 13.2 Å². The average molecular weight is 169 g/mol. The third kappa shape index (κ3) is 1.80. The molecule has 0 spiro atoms. The van der Waals surface area contributed by atoms with E-state index in [0.717, 1.165) is 13.2 Å². The lowest BCUT2D eigenvalue weighted by molar-refractivity contribution is 0.0285. The topological polar surface area (TPSA) is 35.2 Å². The van der Waals surface area contributed by atoms with Crippen molar-refractivity contribution in [3.8, 4) is 0 Å². The van der Waals surface area contributed by atoms with E-state index in [-0.39, 0.29) is 0 Å². The zero-order chi connectivity index (χ0) is 8.44. The predicted octanol–water partition coefficient (Wildman–Crippen LogP) is 1.68. The molecule has 70 valence electrons. The van der Waals surface area contributed by atoms with Gasteiger partial charge in [0.1, 0.15) is 0 Å². The Balaban J connectivity index is 1.67. The van der Waals surface area contributed by atoms with Gasteiger partial charge < -0.3 is 10.5 Å². The highest BCUT2D eigenvalue weighted by Crippen LogP contribution is 2.45. The molecule has 12 heavy (non-hydrogen) atoms. The number of hydrogen-bond acceptors (Lipinski definition) is 2. The molecule has 2 aliphatic carbocycles. The SMILES string of the molecule is NCC1(COC2CCCC2)CC1. The lowest BCUT2D eigenvalue weighted by Gasteiger charge is -2.16. The van der Waals surface area contributed by atoms with Crippen molar-refractivity contribution in [3.05, 3.63) is 0 Å². The molecule has 0 atom stereocenters. The molecule has 0 aliphatic heterocycles. The Hall–Kier alpha value is -0.0800. The molecule has 0 unspecified atom stereocenters. The van der Waals surface area contributed by atoms with Crippen LogP contribution in [-0.4, -0.2) is 19.3 Å². The molecular formula is C10H19NO. The van der Waals surface area contributed by atoms with Gasteiger partial charge >= 0.3 is 0 Å². The summed E-state index contributed by atoms with van der Waals surface area (Å²) in [7, 11) is 0. The van der Waals surface area contributed by atoms with Gasteiger partial charge in [0, 0.05) is 12.0 Å². The number of nitrogens with two attached hydrogens (primary N) is 1. The van der Waals surface area contributed by atoms with Gasteiger partial charge in [0.15, 0.2) is 0 Å². The summed E-state index contributed by atoms with van der Waals surface area (Å²) in [6, 6.07) is 0. The molecule has 2 saturated carbocycles. The van der Waals surface area contributed by atoms with Crippen LogP contribution in [0, 0.1) is 5.41 Å². The molecule has 2 nitrogen and oxygen atoms in total. The normalized spacial score (nSPS) is 27.8. The second kappa shape index (κ2) is 3.35. The molecule has 2 fully saturated rings. The summed E-state index contributed by atoms with van der Waals surface area (Å²) in [5.41, 5.74) is 6.08. The van der Waals surface area contributed by atoms with Crippen LogP contribution in [-0.2, 0) is 4.74 Å². The van der Waals surface area contributed by atoms with Crippen molar-refractivity contribution in [2.24, 2.45) is 11.1 Å². The van der Waals surface area contributed by atoms with Gasteiger partial charge in [0.2, 0.25) is 0 Å². The van der Waals surface area contributed by atoms with E-state index in [2.05, 4.69) is 0 Å². The van der Waals surface area contributed by atoms with E-state index >= 15 is 0 Å². The van der Waals surface area contributed by atoms with E-state index in [9.17, 15) is 0 Å². The number of hydrogen-bond donors (Lipinski definition) is 1. The highest BCUT2D eigenvalue weighted by molar-refractivity contribution is 4.94. The summed E-state index contributed by atoms with van der Waals surface area (Å²) < 4.78 is 5.84. The first-order valence-electron chi connectivity index (χ1n) is 5.16. The fraction of sp³-hybridized carbons (Fsp3) is 1.00. The number of ether oxygens (including phenoxy) is 1. The van der Waals surface area contributed by atoms with Crippen molar-refractivity contribution in [1.82, 2.24) is 0 Å². The van der Waals surface area contributed by atoms with Gasteiger partial charge in [-0.3, -0.25) is 0 Å². The second-order valence-electron chi connectivity index (χ2n) is 4.42. The molecule has 2 aliphatic rings. The Morgan fingerprint density at radius 3 is 2.42 bits per heavy atom. The zero-order valence-corrected chi connectivity index (χ0v) is 7.72. The lowest BCUT2D eigenvalue weighted by atomic mass is 10.1. The molecule has 0 bridgehead atoms. The van der Waals surface area contributed by atoms with E-state index in [0.29, 0.717) is 11.5 Å². The first-order chi connectivity index (χ1) is 5.85. The van der Waals surface area contributed by atoms with Crippen LogP contribution in [0.1, 0.15) is 38.5 Å². The van der Waals surface area contributed by atoms with Gasteiger partial charge in [0.05, 0.1) is 12.7 Å². The first kappa shape index (κ1) is 8.52. The minimum atomic E-state index is 0.405. The second-order valence-corrected chi connectivity index (χ2v) is 4.42. The Morgan fingerprint density at radius 2 is 1.92 bits per heavy atom.